The van der Waals surface area contributed by atoms with Gasteiger partial charge in [-0.2, -0.15) is 0 Å². The van der Waals surface area contributed by atoms with Crippen LogP contribution in [0.4, 0.5) is 0 Å². The molecule has 6 heteroatoms. The van der Waals surface area contributed by atoms with Gasteiger partial charge in [-0.3, -0.25) is 9.59 Å². The summed E-state index contributed by atoms with van der Waals surface area (Å²) in [7, 11) is 0. The van der Waals surface area contributed by atoms with E-state index in [9.17, 15) is 9.59 Å². The van der Waals surface area contributed by atoms with Crippen molar-refractivity contribution < 1.29 is 19.2 Å². The zero-order valence-electron chi connectivity index (χ0n) is 11.0. The minimum Gasteiger partial charge on any atom is -0.481 e. The lowest BCUT2D eigenvalue weighted by Gasteiger charge is -2.15. The summed E-state index contributed by atoms with van der Waals surface area (Å²) in [4.78, 5) is 22.6. The number of carbonyl (C=O) groups excluding carboxylic acids is 1. The molecule has 1 rings (SSSR count). The highest BCUT2D eigenvalue weighted by atomic mass is 16.5. The predicted molar refractivity (Wildman–Crippen MR) is 63.8 cm³/mol. The Kier molecular flexibility index (Phi) is 4.47. The molecule has 0 aliphatic carbocycles. The number of carboxylic acid groups (broad SMARTS) is 1. The van der Waals surface area contributed by atoms with Crippen LogP contribution in [-0.2, 0) is 16.1 Å². The molecule has 0 saturated carbocycles. The summed E-state index contributed by atoms with van der Waals surface area (Å²) >= 11 is 0. The molecular weight excluding hydrogens is 236 g/mol. The van der Waals surface area contributed by atoms with Crippen molar-refractivity contribution in [2.24, 2.45) is 11.8 Å². The lowest BCUT2D eigenvalue weighted by atomic mass is 9.95. The zero-order chi connectivity index (χ0) is 13.9. The van der Waals surface area contributed by atoms with Gasteiger partial charge < -0.3 is 14.9 Å². The number of hydrogen-bond donors (Lipinski definition) is 2. The summed E-state index contributed by atoms with van der Waals surface area (Å²) in [5.74, 6) is -1.90. The highest BCUT2D eigenvalue weighted by Crippen LogP contribution is 2.14. The summed E-state index contributed by atoms with van der Waals surface area (Å²) in [6.07, 6.45) is 0. The molecule has 2 atom stereocenters. The largest absolute Gasteiger partial charge is 0.481 e. The number of carbonyl (C=O) groups is 2. The van der Waals surface area contributed by atoms with Gasteiger partial charge in [-0.1, -0.05) is 19.0 Å². The predicted octanol–water partition coefficient (Wildman–Crippen LogP) is 1.26. The summed E-state index contributed by atoms with van der Waals surface area (Å²) in [5, 5.41) is 15.3. The maximum atomic E-state index is 11.8. The molecule has 2 N–H and O–H groups in total. The normalized spacial score (nSPS) is 14.0. The maximum absolute atomic E-state index is 11.8. The van der Waals surface area contributed by atoms with Crippen molar-refractivity contribution in [3.05, 3.63) is 17.0 Å². The second-order valence-electron chi connectivity index (χ2n) is 4.44. The van der Waals surface area contributed by atoms with Crippen LogP contribution in [0, 0.1) is 25.7 Å². The van der Waals surface area contributed by atoms with Gasteiger partial charge in [0.05, 0.1) is 11.6 Å². The summed E-state index contributed by atoms with van der Waals surface area (Å²) in [6.45, 7) is 6.98. The first-order valence-electron chi connectivity index (χ1n) is 5.76. The molecule has 1 aromatic heterocycles. The number of rotatable bonds is 5. The topological polar surface area (TPSA) is 92.4 Å². The molecule has 0 aromatic carbocycles. The monoisotopic (exact) mass is 254 g/mol. The lowest BCUT2D eigenvalue weighted by molar-refractivity contribution is -0.146. The average Bonchev–Trinajstić information content (AvgIpc) is 2.64. The Bertz CT molecular complexity index is 433. The van der Waals surface area contributed by atoms with E-state index >= 15 is 0 Å². The van der Waals surface area contributed by atoms with E-state index in [1.54, 1.807) is 20.8 Å². The van der Waals surface area contributed by atoms with Gasteiger partial charge >= 0.3 is 5.97 Å². The van der Waals surface area contributed by atoms with Crippen molar-refractivity contribution >= 4 is 11.9 Å². The molecule has 0 saturated heterocycles. The van der Waals surface area contributed by atoms with Gasteiger partial charge in [0.25, 0.3) is 0 Å². The number of nitrogens with one attached hydrogen (secondary N) is 1. The number of aromatic nitrogens is 1. The Morgan fingerprint density at radius 3 is 2.39 bits per heavy atom. The first-order valence-corrected chi connectivity index (χ1v) is 5.76. The Morgan fingerprint density at radius 2 is 1.94 bits per heavy atom. The van der Waals surface area contributed by atoms with Gasteiger partial charge in [0.2, 0.25) is 5.91 Å². The Hall–Kier alpha value is -1.85. The van der Waals surface area contributed by atoms with Gasteiger partial charge in [0.15, 0.2) is 0 Å². The fourth-order valence-corrected chi connectivity index (χ4v) is 1.53. The Labute approximate surface area is 105 Å². The van der Waals surface area contributed by atoms with Gasteiger partial charge in [0, 0.05) is 18.0 Å². The number of amides is 1. The molecule has 0 spiro atoms. The van der Waals surface area contributed by atoms with Crippen LogP contribution in [0.3, 0.4) is 0 Å². The molecule has 0 fully saturated rings. The van der Waals surface area contributed by atoms with E-state index in [-0.39, 0.29) is 5.91 Å². The average molecular weight is 254 g/mol. The van der Waals surface area contributed by atoms with E-state index in [2.05, 4.69) is 10.5 Å². The van der Waals surface area contributed by atoms with E-state index in [1.165, 1.54) is 6.92 Å². The van der Waals surface area contributed by atoms with E-state index < -0.39 is 17.8 Å². The minimum absolute atomic E-state index is 0.287. The van der Waals surface area contributed by atoms with Crippen molar-refractivity contribution in [3.8, 4) is 0 Å². The molecule has 1 heterocycles. The van der Waals surface area contributed by atoms with Crippen LogP contribution in [0.5, 0.6) is 0 Å². The van der Waals surface area contributed by atoms with Crippen LogP contribution in [0.25, 0.3) is 0 Å². The fourth-order valence-electron chi connectivity index (χ4n) is 1.53. The molecule has 1 aromatic rings. The lowest BCUT2D eigenvalue weighted by Crippen LogP contribution is -2.35. The standard InChI is InChI=1S/C12H18N2O4/c1-6(7(2)12(16)17)11(15)13-5-10-8(3)14-18-9(10)4/h6-7H,5H2,1-4H3,(H,13,15)(H,16,17). The fraction of sp³-hybridized carbons (Fsp3) is 0.583. The molecule has 0 radical (unpaired) electrons. The molecule has 1 amide bonds. The Morgan fingerprint density at radius 1 is 1.33 bits per heavy atom. The highest BCUT2D eigenvalue weighted by molar-refractivity contribution is 5.84. The number of hydrogen-bond acceptors (Lipinski definition) is 4. The number of carboxylic acids is 1. The third-order valence-electron chi connectivity index (χ3n) is 3.17. The van der Waals surface area contributed by atoms with E-state index in [0.717, 1.165) is 11.3 Å². The first kappa shape index (κ1) is 14.2. The van der Waals surface area contributed by atoms with E-state index in [0.29, 0.717) is 12.3 Å². The van der Waals surface area contributed by atoms with Crippen LogP contribution < -0.4 is 5.32 Å². The summed E-state index contributed by atoms with van der Waals surface area (Å²) < 4.78 is 4.98. The van der Waals surface area contributed by atoms with Gasteiger partial charge in [-0.05, 0) is 13.8 Å². The first-order chi connectivity index (χ1) is 8.34. The van der Waals surface area contributed by atoms with Crippen LogP contribution in [0.1, 0.15) is 30.9 Å². The molecule has 18 heavy (non-hydrogen) atoms. The van der Waals surface area contributed by atoms with Gasteiger partial charge in [-0.15, -0.1) is 0 Å². The zero-order valence-corrected chi connectivity index (χ0v) is 11.0. The van der Waals surface area contributed by atoms with E-state index in [4.69, 9.17) is 9.63 Å². The third-order valence-corrected chi connectivity index (χ3v) is 3.17. The van der Waals surface area contributed by atoms with Gasteiger partial charge in [-0.25, -0.2) is 0 Å². The van der Waals surface area contributed by atoms with Crippen LogP contribution in [0.15, 0.2) is 4.52 Å². The summed E-state index contributed by atoms with van der Waals surface area (Å²) in [6, 6.07) is 0. The maximum Gasteiger partial charge on any atom is 0.307 e. The third kappa shape index (κ3) is 3.09. The van der Waals surface area contributed by atoms with Crippen LogP contribution in [0.2, 0.25) is 0 Å². The van der Waals surface area contributed by atoms with Crippen molar-refractivity contribution in [2.75, 3.05) is 0 Å². The molecular formula is C12H18N2O4. The SMILES string of the molecule is Cc1noc(C)c1CNC(=O)C(C)C(C)C(=O)O. The van der Waals surface area contributed by atoms with Crippen molar-refractivity contribution in [1.82, 2.24) is 10.5 Å². The molecule has 6 nitrogen and oxygen atoms in total. The van der Waals surface area contributed by atoms with Crippen LogP contribution in [-0.4, -0.2) is 22.1 Å². The molecule has 0 aliphatic heterocycles. The summed E-state index contributed by atoms with van der Waals surface area (Å²) in [5.41, 5.74) is 1.56. The number of aryl methyl sites for hydroxylation is 2. The van der Waals surface area contributed by atoms with Crippen molar-refractivity contribution in [3.63, 3.8) is 0 Å². The highest BCUT2D eigenvalue weighted by Gasteiger charge is 2.25. The number of nitrogens with zero attached hydrogens (tertiary/aromatic N) is 1. The molecule has 2 unspecified atom stereocenters. The minimum atomic E-state index is -0.977. The van der Waals surface area contributed by atoms with Crippen molar-refractivity contribution in [1.29, 1.82) is 0 Å². The molecule has 0 aliphatic rings. The number of aliphatic carboxylic acids is 1. The van der Waals surface area contributed by atoms with Crippen LogP contribution >= 0.6 is 0 Å². The van der Waals surface area contributed by atoms with Gasteiger partial charge in [0.1, 0.15) is 5.76 Å². The second-order valence-corrected chi connectivity index (χ2v) is 4.44. The molecule has 100 valence electrons. The van der Waals surface area contributed by atoms with Crippen molar-refractivity contribution in [2.45, 2.75) is 34.2 Å². The smallest absolute Gasteiger partial charge is 0.307 e. The quantitative estimate of drug-likeness (QED) is 0.825. The Balaban J connectivity index is 2.59. The molecule has 0 bridgehead atoms. The second kappa shape index (κ2) is 5.66. The van der Waals surface area contributed by atoms with E-state index in [1.807, 2.05) is 0 Å².